The number of rotatable bonds is 5. The van der Waals surface area contributed by atoms with Gasteiger partial charge in [-0.1, -0.05) is 15.9 Å². The second-order valence-electron chi connectivity index (χ2n) is 4.30. The number of nitrogens with one attached hydrogen (secondary N) is 1. The first-order valence-corrected chi connectivity index (χ1v) is 6.64. The van der Waals surface area contributed by atoms with Gasteiger partial charge in [0.25, 0.3) is 0 Å². The lowest BCUT2D eigenvalue weighted by atomic mass is 10.1. The maximum absolute atomic E-state index is 13.1. The van der Waals surface area contributed by atoms with E-state index in [-0.39, 0.29) is 11.9 Å². The van der Waals surface area contributed by atoms with E-state index in [1.807, 2.05) is 12.1 Å². The van der Waals surface area contributed by atoms with Crippen LogP contribution in [0.5, 0.6) is 0 Å². The monoisotopic (exact) mass is 311 g/mol. The topological polar surface area (TPSA) is 25.2 Å². The van der Waals surface area contributed by atoms with Crippen LogP contribution in [0.15, 0.2) is 45.5 Å². The summed E-state index contributed by atoms with van der Waals surface area (Å²) in [6.07, 6.45) is 2.49. The van der Waals surface area contributed by atoms with Gasteiger partial charge in [-0.2, -0.15) is 0 Å². The normalized spacial score (nSPS) is 12.6. The predicted molar refractivity (Wildman–Crippen MR) is 72.8 cm³/mol. The number of halogens is 2. The third-order valence-electron chi connectivity index (χ3n) is 2.74. The quantitative estimate of drug-likeness (QED) is 0.906. The SMILES string of the molecule is CC(Cc1ccco1)NCc1cc(F)ccc1Br. The average Bonchev–Trinajstić information content (AvgIpc) is 2.83. The molecule has 96 valence electrons. The van der Waals surface area contributed by atoms with Crippen LogP contribution >= 0.6 is 15.9 Å². The molecule has 0 amide bonds. The predicted octanol–water partition coefficient (Wildman–Crippen LogP) is 3.90. The molecule has 0 aliphatic carbocycles. The van der Waals surface area contributed by atoms with Crippen LogP contribution in [0.4, 0.5) is 4.39 Å². The standard InChI is InChI=1S/C14H15BrFNO/c1-10(7-13-3-2-6-18-13)17-9-11-8-12(16)4-5-14(11)15/h2-6,8,10,17H,7,9H2,1H3. The highest BCUT2D eigenvalue weighted by molar-refractivity contribution is 9.10. The van der Waals surface area contributed by atoms with Gasteiger partial charge in [0.1, 0.15) is 11.6 Å². The Morgan fingerprint density at radius 3 is 2.94 bits per heavy atom. The molecule has 1 unspecified atom stereocenters. The summed E-state index contributed by atoms with van der Waals surface area (Å²) >= 11 is 3.42. The van der Waals surface area contributed by atoms with E-state index in [1.54, 1.807) is 12.3 Å². The zero-order chi connectivity index (χ0) is 13.0. The fourth-order valence-electron chi connectivity index (χ4n) is 1.77. The van der Waals surface area contributed by atoms with Crippen LogP contribution < -0.4 is 5.32 Å². The summed E-state index contributed by atoms with van der Waals surface area (Å²) in [5, 5.41) is 3.35. The molecule has 0 radical (unpaired) electrons. The highest BCUT2D eigenvalue weighted by atomic mass is 79.9. The Labute approximate surface area is 114 Å². The molecule has 4 heteroatoms. The Morgan fingerprint density at radius 1 is 1.39 bits per heavy atom. The summed E-state index contributed by atoms with van der Waals surface area (Å²) in [5.74, 6) is 0.738. The summed E-state index contributed by atoms with van der Waals surface area (Å²) in [6, 6.07) is 8.81. The first-order valence-electron chi connectivity index (χ1n) is 5.85. The van der Waals surface area contributed by atoms with Crippen molar-refractivity contribution < 1.29 is 8.81 Å². The minimum absolute atomic E-state index is 0.214. The highest BCUT2D eigenvalue weighted by Crippen LogP contribution is 2.17. The van der Waals surface area contributed by atoms with E-state index in [0.29, 0.717) is 6.54 Å². The molecule has 1 aromatic heterocycles. The molecular weight excluding hydrogens is 297 g/mol. The van der Waals surface area contributed by atoms with E-state index in [1.165, 1.54) is 12.1 Å². The van der Waals surface area contributed by atoms with Gasteiger partial charge in [0.15, 0.2) is 0 Å². The fourth-order valence-corrected chi connectivity index (χ4v) is 2.15. The van der Waals surface area contributed by atoms with Gasteiger partial charge in [-0.25, -0.2) is 4.39 Å². The molecule has 2 aromatic rings. The molecule has 1 N–H and O–H groups in total. The Hall–Kier alpha value is -1.13. The maximum atomic E-state index is 13.1. The molecule has 0 aliphatic rings. The number of hydrogen-bond acceptors (Lipinski definition) is 2. The second kappa shape index (κ2) is 6.16. The van der Waals surface area contributed by atoms with Crippen molar-refractivity contribution in [2.24, 2.45) is 0 Å². The van der Waals surface area contributed by atoms with Gasteiger partial charge in [0, 0.05) is 23.5 Å². The van der Waals surface area contributed by atoms with Gasteiger partial charge in [0.05, 0.1) is 6.26 Å². The van der Waals surface area contributed by atoms with E-state index >= 15 is 0 Å². The Balaban J connectivity index is 1.89. The number of furan rings is 1. The van der Waals surface area contributed by atoms with Gasteiger partial charge in [-0.3, -0.25) is 0 Å². The van der Waals surface area contributed by atoms with Crippen LogP contribution in [0.3, 0.4) is 0 Å². The lowest BCUT2D eigenvalue weighted by molar-refractivity contribution is 0.456. The third kappa shape index (κ3) is 3.68. The van der Waals surface area contributed by atoms with Crippen LogP contribution in [-0.2, 0) is 13.0 Å². The van der Waals surface area contributed by atoms with Gasteiger partial charge in [0.2, 0.25) is 0 Å². The molecule has 0 saturated carbocycles. The van der Waals surface area contributed by atoms with Crippen molar-refractivity contribution in [3.63, 3.8) is 0 Å². The van der Waals surface area contributed by atoms with Crippen LogP contribution in [0.1, 0.15) is 18.2 Å². The van der Waals surface area contributed by atoms with E-state index < -0.39 is 0 Å². The lowest BCUT2D eigenvalue weighted by Gasteiger charge is -2.13. The summed E-state index contributed by atoms with van der Waals surface area (Å²) in [4.78, 5) is 0. The molecule has 1 heterocycles. The van der Waals surface area contributed by atoms with Crippen LogP contribution in [0, 0.1) is 5.82 Å². The van der Waals surface area contributed by atoms with E-state index in [9.17, 15) is 4.39 Å². The van der Waals surface area contributed by atoms with Crippen molar-refractivity contribution >= 4 is 15.9 Å². The Morgan fingerprint density at radius 2 is 2.22 bits per heavy atom. The van der Waals surface area contributed by atoms with Gasteiger partial charge in [-0.15, -0.1) is 0 Å². The van der Waals surface area contributed by atoms with Crippen LogP contribution in [-0.4, -0.2) is 6.04 Å². The van der Waals surface area contributed by atoms with E-state index in [2.05, 4.69) is 28.2 Å². The molecule has 0 saturated heterocycles. The van der Waals surface area contributed by atoms with Crippen molar-refractivity contribution in [2.45, 2.75) is 25.9 Å². The number of hydrogen-bond donors (Lipinski definition) is 1. The van der Waals surface area contributed by atoms with Crippen molar-refractivity contribution in [1.82, 2.24) is 5.32 Å². The van der Waals surface area contributed by atoms with Gasteiger partial charge < -0.3 is 9.73 Å². The molecule has 0 bridgehead atoms. The molecule has 1 atom stereocenters. The largest absolute Gasteiger partial charge is 0.469 e. The molecule has 18 heavy (non-hydrogen) atoms. The molecular formula is C14H15BrFNO. The van der Waals surface area contributed by atoms with Crippen molar-refractivity contribution in [1.29, 1.82) is 0 Å². The van der Waals surface area contributed by atoms with Gasteiger partial charge >= 0.3 is 0 Å². The molecule has 2 rings (SSSR count). The minimum atomic E-state index is -0.214. The van der Waals surface area contributed by atoms with E-state index in [0.717, 1.165) is 22.2 Å². The third-order valence-corrected chi connectivity index (χ3v) is 3.51. The van der Waals surface area contributed by atoms with Crippen LogP contribution in [0.25, 0.3) is 0 Å². The van der Waals surface area contributed by atoms with Crippen molar-refractivity contribution in [3.8, 4) is 0 Å². The smallest absolute Gasteiger partial charge is 0.123 e. The maximum Gasteiger partial charge on any atom is 0.123 e. The first kappa shape index (κ1) is 13.3. The molecule has 1 aromatic carbocycles. The first-order chi connectivity index (χ1) is 8.65. The number of benzene rings is 1. The Bertz CT molecular complexity index is 499. The second-order valence-corrected chi connectivity index (χ2v) is 5.16. The zero-order valence-electron chi connectivity index (χ0n) is 10.1. The summed E-state index contributed by atoms with van der Waals surface area (Å²) in [6.45, 7) is 2.70. The summed E-state index contributed by atoms with van der Waals surface area (Å²) in [5.41, 5.74) is 0.918. The summed E-state index contributed by atoms with van der Waals surface area (Å²) < 4.78 is 19.3. The van der Waals surface area contributed by atoms with Crippen molar-refractivity contribution in [2.75, 3.05) is 0 Å². The highest BCUT2D eigenvalue weighted by Gasteiger charge is 2.07. The molecule has 0 aliphatic heterocycles. The average molecular weight is 312 g/mol. The zero-order valence-corrected chi connectivity index (χ0v) is 11.7. The lowest BCUT2D eigenvalue weighted by Crippen LogP contribution is -2.27. The van der Waals surface area contributed by atoms with Gasteiger partial charge in [-0.05, 0) is 42.8 Å². The molecule has 0 spiro atoms. The fraction of sp³-hybridized carbons (Fsp3) is 0.286. The molecule has 2 nitrogen and oxygen atoms in total. The minimum Gasteiger partial charge on any atom is -0.469 e. The van der Waals surface area contributed by atoms with Crippen molar-refractivity contribution in [3.05, 3.63) is 58.2 Å². The van der Waals surface area contributed by atoms with Crippen LogP contribution in [0.2, 0.25) is 0 Å². The summed E-state index contributed by atoms with van der Waals surface area (Å²) in [7, 11) is 0. The van der Waals surface area contributed by atoms with E-state index in [4.69, 9.17) is 4.42 Å². The molecule has 0 fully saturated rings. The Kier molecular flexibility index (Phi) is 4.55.